The number of hydrogen-bond donors (Lipinski definition) is 2. The van der Waals surface area contributed by atoms with E-state index in [4.69, 9.17) is 10.5 Å². The molecule has 1 aliphatic heterocycles. The first-order chi connectivity index (χ1) is 10.9. The highest BCUT2D eigenvalue weighted by atomic mass is 35.5. The molecule has 1 heterocycles. The maximum atomic E-state index is 12.5. The number of benzene rings is 1. The second kappa shape index (κ2) is 6.99. The van der Waals surface area contributed by atoms with Gasteiger partial charge < -0.3 is 15.8 Å². The zero-order chi connectivity index (χ0) is 16.6. The van der Waals surface area contributed by atoms with Crippen LogP contribution in [-0.2, 0) is 9.59 Å². The van der Waals surface area contributed by atoms with Gasteiger partial charge in [0, 0.05) is 6.54 Å². The molecule has 1 aromatic rings. The largest absolute Gasteiger partial charge is 0.479 e. The van der Waals surface area contributed by atoms with Crippen molar-refractivity contribution in [1.29, 1.82) is 0 Å². The van der Waals surface area contributed by atoms with Crippen molar-refractivity contribution in [3.8, 4) is 5.75 Å². The molecule has 1 saturated carbocycles. The van der Waals surface area contributed by atoms with Crippen LogP contribution in [0.1, 0.15) is 26.7 Å². The quantitative estimate of drug-likeness (QED) is 0.839. The van der Waals surface area contributed by atoms with Crippen LogP contribution >= 0.6 is 12.4 Å². The average Bonchev–Trinajstić information content (AvgIpc) is 3.37. The molecule has 0 spiro atoms. The highest BCUT2D eigenvalue weighted by molar-refractivity contribution is 6.03. The highest BCUT2D eigenvalue weighted by Crippen LogP contribution is 2.39. The van der Waals surface area contributed by atoms with Gasteiger partial charge in [0.2, 0.25) is 5.91 Å². The first kappa shape index (κ1) is 18.5. The number of ether oxygens (including phenoxy) is 1. The van der Waals surface area contributed by atoms with Gasteiger partial charge in [-0.2, -0.15) is 0 Å². The summed E-state index contributed by atoms with van der Waals surface area (Å²) in [6, 6.07) is 7.26. The fourth-order valence-electron chi connectivity index (χ4n) is 3.06. The van der Waals surface area contributed by atoms with Crippen LogP contribution in [0.5, 0.6) is 5.75 Å². The van der Waals surface area contributed by atoms with E-state index < -0.39 is 11.6 Å². The summed E-state index contributed by atoms with van der Waals surface area (Å²) >= 11 is 0. The summed E-state index contributed by atoms with van der Waals surface area (Å²) in [4.78, 5) is 26.4. The van der Waals surface area contributed by atoms with E-state index in [1.165, 1.54) is 4.90 Å². The number of carbonyl (C=O) groups excluding carboxylic acids is 2. The van der Waals surface area contributed by atoms with Gasteiger partial charge in [-0.1, -0.05) is 12.1 Å². The Bertz CT molecular complexity index is 635. The molecule has 0 radical (unpaired) electrons. The highest BCUT2D eigenvalue weighted by Gasteiger charge is 2.42. The van der Waals surface area contributed by atoms with Gasteiger partial charge in [0.05, 0.1) is 11.2 Å². The van der Waals surface area contributed by atoms with Gasteiger partial charge in [0.1, 0.15) is 12.3 Å². The number of anilines is 1. The number of halogens is 1. The Balaban J connectivity index is 0.00000208. The van der Waals surface area contributed by atoms with Crippen LogP contribution in [-0.4, -0.2) is 36.5 Å². The lowest BCUT2D eigenvalue weighted by atomic mass is 9.96. The van der Waals surface area contributed by atoms with E-state index in [9.17, 15) is 9.59 Å². The molecule has 1 aliphatic carbocycles. The predicted molar refractivity (Wildman–Crippen MR) is 94.5 cm³/mol. The van der Waals surface area contributed by atoms with Gasteiger partial charge in [0.25, 0.3) is 5.91 Å². The van der Waals surface area contributed by atoms with Crippen molar-refractivity contribution in [2.75, 3.05) is 18.0 Å². The molecule has 0 saturated heterocycles. The molecular weight excluding hydrogens is 330 g/mol. The number of fused-ring (bicyclic) bond motifs is 1. The number of carbonyl (C=O) groups is 2. The van der Waals surface area contributed by atoms with Crippen LogP contribution in [0.4, 0.5) is 5.69 Å². The van der Waals surface area contributed by atoms with Gasteiger partial charge in [-0.05, 0) is 44.7 Å². The van der Waals surface area contributed by atoms with Crippen LogP contribution < -0.4 is 20.7 Å². The molecule has 1 fully saturated rings. The van der Waals surface area contributed by atoms with Crippen LogP contribution in [0.3, 0.4) is 0 Å². The molecule has 2 atom stereocenters. The summed E-state index contributed by atoms with van der Waals surface area (Å²) in [6.07, 6.45) is 1.58. The topological polar surface area (TPSA) is 84.7 Å². The molecule has 3 rings (SSSR count). The second-order valence-electron chi connectivity index (χ2n) is 6.60. The van der Waals surface area contributed by atoms with Crippen LogP contribution in [0, 0.1) is 5.92 Å². The molecule has 132 valence electrons. The molecule has 0 aromatic heterocycles. The van der Waals surface area contributed by atoms with Crippen LogP contribution in [0.25, 0.3) is 0 Å². The van der Waals surface area contributed by atoms with Gasteiger partial charge in [0.15, 0.2) is 6.10 Å². The number of rotatable bonds is 5. The van der Waals surface area contributed by atoms with E-state index in [0.717, 1.165) is 12.8 Å². The minimum Gasteiger partial charge on any atom is -0.479 e. The van der Waals surface area contributed by atoms with E-state index in [1.54, 1.807) is 19.1 Å². The summed E-state index contributed by atoms with van der Waals surface area (Å²) in [7, 11) is 0. The molecule has 3 N–H and O–H groups in total. The monoisotopic (exact) mass is 353 g/mol. The first-order valence-electron chi connectivity index (χ1n) is 8.03. The van der Waals surface area contributed by atoms with Crippen molar-refractivity contribution in [1.82, 2.24) is 5.32 Å². The molecule has 2 aliphatic rings. The first-order valence-corrected chi connectivity index (χ1v) is 8.03. The number of nitrogens with one attached hydrogen (secondary N) is 1. The average molecular weight is 354 g/mol. The Morgan fingerprint density at radius 1 is 1.42 bits per heavy atom. The van der Waals surface area contributed by atoms with E-state index in [-0.39, 0.29) is 30.8 Å². The number of para-hydroxylation sites is 2. The Morgan fingerprint density at radius 2 is 2.08 bits per heavy atom. The fraction of sp³-hybridized carbons (Fsp3) is 0.529. The Hall–Kier alpha value is -1.79. The zero-order valence-electron chi connectivity index (χ0n) is 14.0. The van der Waals surface area contributed by atoms with Gasteiger partial charge in [-0.15, -0.1) is 12.4 Å². The van der Waals surface area contributed by atoms with Crippen molar-refractivity contribution in [2.45, 2.75) is 38.3 Å². The standard InChI is InChI=1S/C17H23N3O3.ClH/c1-11-16(22)20(13-5-3-4-6-14(13)23-11)9-15(21)19-17(2,10-18)12-7-8-12;/h3-6,11-12H,7-10,18H2,1-2H3,(H,19,21);1H. The van der Waals surface area contributed by atoms with Gasteiger partial charge >= 0.3 is 0 Å². The summed E-state index contributed by atoms with van der Waals surface area (Å²) in [6.45, 7) is 4.04. The second-order valence-corrected chi connectivity index (χ2v) is 6.60. The lowest BCUT2D eigenvalue weighted by Crippen LogP contribution is -2.57. The van der Waals surface area contributed by atoms with E-state index in [0.29, 0.717) is 23.9 Å². The maximum Gasteiger partial charge on any atom is 0.268 e. The van der Waals surface area contributed by atoms with Crippen molar-refractivity contribution in [3.63, 3.8) is 0 Å². The fourth-order valence-corrected chi connectivity index (χ4v) is 3.06. The molecule has 24 heavy (non-hydrogen) atoms. The van der Waals surface area contributed by atoms with Crippen molar-refractivity contribution in [2.24, 2.45) is 11.7 Å². The molecule has 2 unspecified atom stereocenters. The van der Waals surface area contributed by atoms with E-state index in [2.05, 4.69) is 5.32 Å². The number of nitrogens with zero attached hydrogens (tertiary/aromatic N) is 1. The predicted octanol–water partition coefficient (Wildman–Crippen LogP) is 1.47. The molecular formula is C17H24ClN3O3. The minimum absolute atomic E-state index is 0. The Morgan fingerprint density at radius 3 is 2.71 bits per heavy atom. The zero-order valence-corrected chi connectivity index (χ0v) is 14.8. The Labute approximate surface area is 148 Å². The van der Waals surface area contributed by atoms with Crippen LogP contribution in [0.2, 0.25) is 0 Å². The summed E-state index contributed by atoms with van der Waals surface area (Å²) in [5.41, 5.74) is 6.08. The molecule has 6 nitrogen and oxygen atoms in total. The maximum absolute atomic E-state index is 12.5. The normalized spacial score (nSPS) is 21.9. The van der Waals surface area contributed by atoms with E-state index in [1.807, 2.05) is 19.1 Å². The van der Waals surface area contributed by atoms with Gasteiger partial charge in [-0.25, -0.2) is 0 Å². The minimum atomic E-state index is -0.595. The lowest BCUT2D eigenvalue weighted by molar-refractivity contribution is -0.128. The van der Waals surface area contributed by atoms with Crippen molar-refractivity contribution >= 4 is 29.9 Å². The van der Waals surface area contributed by atoms with Crippen molar-refractivity contribution in [3.05, 3.63) is 24.3 Å². The van der Waals surface area contributed by atoms with Crippen LogP contribution in [0.15, 0.2) is 24.3 Å². The lowest BCUT2D eigenvalue weighted by Gasteiger charge is -2.34. The third-order valence-electron chi connectivity index (χ3n) is 4.70. The van der Waals surface area contributed by atoms with Gasteiger partial charge in [-0.3, -0.25) is 14.5 Å². The molecule has 7 heteroatoms. The number of amides is 2. The molecule has 2 amide bonds. The smallest absolute Gasteiger partial charge is 0.268 e. The third kappa shape index (κ3) is 3.49. The molecule has 1 aromatic carbocycles. The summed E-state index contributed by atoms with van der Waals surface area (Å²) < 4.78 is 5.58. The third-order valence-corrected chi connectivity index (χ3v) is 4.70. The Kier molecular flexibility index (Phi) is 5.40. The molecule has 0 bridgehead atoms. The number of hydrogen-bond acceptors (Lipinski definition) is 4. The summed E-state index contributed by atoms with van der Waals surface area (Å²) in [5.74, 6) is 0.654. The summed E-state index contributed by atoms with van der Waals surface area (Å²) in [5, 5.41) is 3.02. The van der Waals surface area contributed by atoms with Crippen molar-refractivity contribution < 1.29 is 14.3 Å². The SMILES string of the molecule is CC1Oc2ccccc2N(CC(=O)NC(C)(CN)C2CC2)C1=O.Cl. The number of nitrogens with two attached hydrogens (primary N) is 1. The van der Waals surface area contributed by atoms with E-state index >= 15 is 0 Å².